The van der Waals surface area contributed by atoms with E-state index in [1.54, 1.807) is 11.3 Å². The molecule has 3 N–H and O–H groups in total. The number of hydrogen-bond donors (Lipinski definition) is 3. The largest absolute Gasteiger partial charge is 0.481 e. The Morgan fingerprint density at radius 1 is 1.33 bits per heavy atom. The lowest BCUT2D eigenvalue weighted by Gasteiger charge is -2.18. The van der Waals surface area contributed by atoms with Crippen LogP contribution in [0.15, 0.2) is 17.5 Å². The Bertz CT molecular complexity index is 432. The number of carbonyl (C=O) groups excluding carboxylic acids is 1. The minimum absolute atomic E-state index is 0.0226. The molecule has 0 fully saturated rings. The van der Waals surface area contributed by atoms with Gasteiger partial charge in [0.15, 0.2) is 0 Å². The molecule has 0 unspecified atom stereocenters. The van der Waals surface area contributed by atoms with Gasteiger partial charge in [-0.3, -0.25) is 4.79 Å². The SMILES string of the molecule is CC(C)C[C@H](CNC(=O)NCCc1cccs1)CC(=O)O. The first kappa shape index (κ1) is 17.5. The number of thiophene rings is 1. The summed E-state index contributed by atoms with van der Waals surface area (Å²) in [5.41, 5.74) is 0. The molecule has 0 bridgehead atoms. The molecule has 1 aromatic heterocycles. The van der Waals surface area contributed by atoms with Gasteiger partial charge in [0.05, 0.1) is 0 Å². The van der Waals surface area contributed by atoms with Crippen LogP contribution in [0.5, 0.6) is 0 Å². The monoisotopic (exact) mass is 312 g/mol. The number of aliphatic carboxylic acids is 1. The van der Waals surface area contributed by atoms with Crippen LogP contribution in [0.2, 0.25) is 0 Å². The van der Waals surface area contributed by atoms with Crippen LogP contribution in [0, 0.1) is 11.8 Å². The Morgan fingerprint density at radius 2 is 2.10 bits per heavy atom. The number of nitrogens with one attached hydrogen (secondary N) is 2. The summed E-state index contributed by atoms with van der Waals surface area (Å²) in [7, 11) is 0. The van der Waals surface area contributed by atoms with Crippen molar-refractivity contribution < 1.29 is 14.7 Å². The number of amides is 2. The second-order valence-corrected chi connectivity index (χ2v) is 6.59. The van der Waals surface area contributed by atoms with Crippen molar-refractivity contribution in [2.24, 2.45) is 11.8 Å². The molecule has 1 heterocycles. The first-order valence-corrected chi connectivity index (χ1v) is 8.11. The quantitative estimate of drug-likeness (QED) is 0.656. The van der Waals surface area contributed by atoms with E-state index in [0.29, 0.717) is 19.0 Å². The lowest BCUT2D eigenvalue weighted by molar-refractivity contribution is -0.138. The molecular weight excluding hydrogens is 288 g/mol. The number of carboxylic acid groups (broad SMARTS) is 1. The number of rotatable bonds is 9. The maximum atomic E-state index is 11.7. The fourth-order valence-electron chi connectivity index (χ4n) is 2.21. The summed E-state index contributed by atoms with van der Waals surface area (Å²) < 4.78 is 0. The van der Waals surface area contributed by atoms with E-state index in [0.717, 1.165) is 12.8 Å². The molecule has 0 aromatic carbocycles. The van der Waals surface area contributed by atoms with Gasteiger partial charge in [0.25, 0.3) is 0 Å². The molecule has 1 atom stereocenters. The van der Waals surface area contributed by atoms with Crippen LogP contribution < -0.4 is 10.6 Å². The van der Waals surface area contributed by atoms with Crippen LogP contribution in [-0.2, 0) is 11.2 Å². The Kier molecular flexibility index (Phi) is 7.82. The van der Waals surface area contributed by atoms with Crippen molar-refractivity contribution in [2.75, 3.05) is 13.1 Å². The molecule has 1 aromatic rings. The molecule has 0 spiro atoms. The summed E-state index contributed by atoms with van der Waals surface area (Å²) in [6.07, 6.45) is 1.70. The number of carboxylic acids is 1. The molecule has 0 aliphatic heterocycles. The lowest BCUT2D eigenvalue weighted by atomic mass is 9.94. The molecule has 0 saturated carbocycles. The predicted octanol–water partition coefficient (Wildman–Crippen LogP) is 2.73. The van der Waals surface area contributed by atoms with E-state index in [2.05, 4.69) is 24.5 Å². The fourth-order valence-corrected chi connectivity index (χ4v) is 2.92. The first-order chi connectivity index (χ1) is 9.97. The van der Waals surface area contributed by atoms with Gasteiger partial charge in [-0.1, -0.05) is 19.9 Å². The Hall–Kier alpha value is -1.56. The summed E-state index contributed by atoms with van der Waals surface area (Å²) in [5.74, 6) is -0.427. The maximum Gasteiger partial charge on any atom is 0.314 e. The van der Waals surface area contributed by atoms with Gasteiger partial charge in [-0.15, -0.1) is 11.3 Å². The lowest BCUT2D eigenvalue weighted by Crippen LogP contribution is -2.39. The van der Waals surface area contributed by atoms with E-state index in [-0.39, 0.29) is 18.4 Å². The fraction of sp³-hybridized carbons (Fsp3) is 0.600. The van der Waals surface area contributed by atoms with Crippen LogP contribution in [0.25, 0.3) is 0 Å². The van der Waals surface area contributed by atoms with E-state index in [1.165, 1.54) is 4.88 Å². The van der Waals surface area contributed by atoms with Gasteiger partial charge in [-0.05, 0) is 36.1 Å². The topological polar surface area (TPSA) is 78.4 Å². The molecule has 21 heavy (non-hydrogen) atoms. The average molecular weight is 312 g/mol. The van der Waals surface area contributed by atoms with Crippen LogP contribution in [0.4, 0.5) is 4.79 Å². The van der Waals surface area contributed by atoms with Crippen LogP contribution in [0.3, 0.4) is 0 Å². The highest BCUT2D eigenvalue weighted by atomic mass is 32.1. The average Bonchev–Trinajstić information content (AvgIpc) is 2.88. The molecule has 1 rings (SSSR count). The predicted molar refractivity (Wildman–Crippen MR) is 84.6 cm³/mol. The molecule has 2 amide bonds. The highest BCUT2D eigenvalue weighted by molar-refractivity contribution is 7.09. The number of urea groups is 1. The standard InChI is InChI=1S/C15H24N2O3S/c1-11(2)8-12(9-14(18)19)10-17-15(20)16-6-5-13-4-3-7-21-13/h3-4,7,11-12H,5-6,8-10H2,1-2H3,(H,18,19)(H2,16,17,20)/t12-/m0/s1. The second-order valence-electron chi connectivity index (χ2n) is 5.56. The summed E-state index contributed by atoms with van der Waals surface area (Å²) >= 11 is 1.67. The second kappa shape index (κ2) is 9.39. The van der Waals surface area contributed by atoms with E-state index < -0.39 is 5.97 Å². The van der Waals surface area contributed by atoms with Crippen molar-refractivity contribution in [2.45, 2.75) is 33.1 Å². The molecule has 118 valence electrons. The molecule has 6 heteroatoms. The maximum absolute atomic E-state index is 11.7. The Balaban J connectivity index is 2.23. The highest BCUT2D eigenvalue weighted by Gasteiger charge is 2.15. The first-order valence-electron chi connectivity index (χ1n) is 7.23. The smallest absolute Gasteiger partial charge is 0.314 e. The minimum Gasteiger partial charge on any atom is -0.481 e. The van der Waals surface area contributed by atoms with Crippen molar-refractivity contribution in [3.05, 3.63) is 22.4 Å². The van der Waals surface area contributed by atoms with Crippen molar-refractivity contribution in [3.63, 3.8) is 0 Å². The molecule has 0 aliphatic carbocycles. The molecule has 0 saturated heterocycles. The van der Waals surface area contributed by atoms with Gasteiger partial charge < -0.3 is 15.7 Å². The molecule has 5 nitrogen and oxygen atoms in total. The zero-order valence-electron chi connectivity index (χ0n) is 12.6. The highest BCUT2D eigenvalue weighted by Crippen LogP contribution is 2.14. The third-order valence-corrected chi connectivity index (χ3v) is 3.99. The van der Waals surface area contributed by atoms with Crippen molar-refractivity contribution in [3.8, 4) is 0 Å². The Morgan fingerprint density at radius 3 is 2.67 bits per heavy atom. The van der Waals surface area contributed by atoms with Crippen molar-refractivity contribution in [1.82, 2.24) is 10.6 Å². The molecule has 0 radical (unpaired) electrons. The van der Waals surface area contributed by atoms with Crippen molar-refractivity contribution in [1.29, 1.82) is 0 Å². The zero-order chi connectivity index (χ0) is 15.7. The van der Waals surface area contributed by atoms with Gasteiger partial charge >= 0.3 is 12.0 Å². The number of carbonyl (C=O) groups is 2. The molecular formula is C15H24N2O3S. The number of hydrogen-bond acceptors (Lipinski definition) is 3. The van der Waals surface area contributed by atoms with Gasteiger partial charge in [0.2, 0.25) is 0 Å². The normalized spacial score (nSPS) is 12.1. The Labute approximate surface area is 129 Å². The van der Waals surface area contributed by atoms with E-state index in [9.17, 15) is 9.59 Å². The van der Waals surface area contributed by atoms with Gasteiger partial charge in [-0.25, -0.2) is 4.79 Å². The third kappa shape index (κ3) is 8.34. The third-order valence-electron chi connectivity index (χ3n) is 3.06. The van der Waals surface area contributed by atoms with Crippen LogP contribution in [0.1, 0.15) is 31.6 Å². The van der Waals surface area contributed by atoms with Gasteiger partial charge in [0.1, 0.15) is 0 Å². The van der Waals surface area contributed by atoms with Crippen molar-refractivity contribution >= 4 is 23.3 Å². The summed E-state index contributed by atoms with van der Waals surface area (Å²) in [6.45, 7) is 5.08. The van der Waals surface area contributed by atoms with Gasteiger partial charge in [0, 0.05) is 24.4 Å². The molecule has 0 aliphatic rings. The summed E-state index contributed by atoms with van der Waals surface area (Å²) in [5, 5.41) is 16.4. The van der Waals surface area contributed by atoms with Gasteiger partial charge in [-0.2, -0.15) is 0 Å². The van der Waals surface area contributed by atoms with E-state index in [1.807, 2.05) is 17.5 Å². The van der Waals surface area contributed by atoms with Crippen LogP contribution in [-0.4, -0.2) is 30.2 Å². The summed E-state index contributed by atoms with van der Waals surface area (Å²) in [4.78, 5) is 23.7. The van der Waals surface area contributed by atoms with Crippen LogP contribution >= 0.6 is 11.3 Å². The van der Waals surface area contributed by atoms with E-state index in [4.69, 9.17) is 5.11 Å². The minimum atomic E-state index is -0.819. The zero-order valence-corrected chi connectivity index (χ0v) is 13.4. The summed E-state index contributed by atoms with van der Waals surface area (Å²) in [6, 6.07) is 3.80. The van der Waals surface area contributed by atoms with E-state index >= 15 is 0 Å².